The highest BCUT2D eigenvalue weighted by atomic mass is 32.1. The largest absolute Gasteiger partial charge is 0.480 e. The lowest BCUT2D eigenvalue weighted by Crippen LogP contribution is -2.59. The number of nitrogens with zero attached hydrogens (tertiary/aromatic N) is 4. The van der Waals surface area contributed by atoms with E-state index in [-0.39, 0.29) is 63.1 Å². The molecule has 2 aromatic heterocycles. The van der Waals surface area contributed by atoms with Crippen molar-refractivity contribution in [2.75, 3.05) is 44.2 Å². The highest BCUT2D eigenvalue weighted by Crippen LogP contribution is 2.41. The van der Waals surface area contributed by atoms with Crippen LogP contribution in [0.3, 0.4) is 0 Å². The highest BCUT2D eigenvalue weighted by Gasteiger charge is 2.53. The number of aliphatic hydroxyl groups excluding tert-OH is 1. The van der Waals surface area contributed by atoms with Crippen LogP contribution in [-0.4, -0.2) is 124 Å². The number of hydrogen-bond donors (Lipinski definition) is 5. The van der Waals surface area contributed by atoms with Crippen LogP contribution < -0.4 is 30.9 Å². The smallest absolute Gasteiger partial charge is 0.258 e. The number of likely N-dealkylation sites (tertiary alicyclic amines) is 1. The highest BCUT2D eigenvalue weighted by molar-refractivity contribution is 7.13. The Morgan fingerprint density at radius 1 is 0.957 bits per heavy atom. The molecule has 0 spiro atoms. The van der Waals surface area contributed by atoms with E-state index in [9.17, 15) is 37.9 Å². The topological polar surface area (TPSA) is 204 Å². The molecule has 4 fully saturated rings. The molecule has 5 heterocycles. The number of rotatable bonds is 19. The Morgan fingerprint density at radius 2 is 1.64 bits per heavy atom. The summed E-state index contributed by atoms with van der Waals surface area (Å²) in [6.07, 6.45) is 3.74. The van der Waals surface area contributed by atoms with Crippen LogP contribution >= 0.6 is 22.9 Å². The molecule has 2 unspecified atom stereocenters. The number of hydrogen-bond acceptors (Lipinski definition) is 13. The zero-order valence-electron chi connectivity index (χ0n) is 39.5. The summed E-state index contributed by atoms with van der Waals surface area (Å²) in [6, 6.07) is 6.53. The Labute approximate surface area is 412 Å². The van der Waals surface area contributed by atoms with Gasteiger partial charge < -0.3 is 45.6 Å². The van der Waals surface area contributed by atoms with Gasteiger partial charge in [0.05, 0.1) is 41.2 Å². The molecule has 8 rings (SSSR count). The van der Waals surface area contributed by atoms with Gasteiger partial charge in [-0.2, -0.15) is 4.39 Å². The summed E-state index contributed by atoms with van der Waals surface area (Å²) < 4.78 is 60.0. The van der Waals surface area contributed by atoms with E-state index in [1.54, 1.807) is 39.1 Å². The lowest BCUT2D eigenvalue weighted by molar-refractivity contribution is -0.145. The van der Waals surface area contributed by atoms with Gasteiger partial charge in [0, 0.05) is 50.7 Å². The Hall–Kier alpha value is -5.64. The van der Waals surface area contributed by atoms with Crippen LogP contribution in [0.1, 0.15) is 89.3 Å². The summed E-state index contributed by atoms with van der Waals surface area (Å²) in [6.45, 7) is 8.17. The second kappa shape index (κ2) is 21.4. The Bertz CT molecular complexity index is 2560. The van der Waals surface area contributed by atoms with Crippen molar-refractivity contribution < 1.29 is 51.7 Å². The number of amides is 5. The number of carbonyl (C=O) groups excluding carboxylic acids is 5. The summed E-state index contributed by atoms with van der Waals surface area (Å²) in [4.78, 5) is 76.3. The van der Waals surface area contributed by atoms with E-state index in [0.29, 0.717) is 36.5 Å². The first-order valence-electron chi connectivity index (χ1n) is 23.7. The third-order valence-corrected chi connectivity index (χ3v) is 14.9. The van der Waals surface area contributed by atoms with Crippen molar-refractivity contribution in [2.24, 2.45) is 5.41 Å². The van der Waals surface area contributed by atoms with E-state index < -0.39 is 88.8 Å². The van der Waals surface area contributed by atoms with Crippen molar-refractivity contribution in [3.8, 4) is 26.8 Å². The molecule has 1 aliphatic carbocycles. The number of carbonyl (C=O) groups is 5. The molecule has 376 valence electrons. The third-order valence-electron chi connectivity index (χ3n) is 13.1. The van der Waals surface area contributed by atoms with Gasteiger partial charge in [-0.3, -0.25) is 24.0 Å². The first-order chi connectivity index (χ1) is 33.4. The first kappa shape index (κ1) is 50.7. The SMILES string of the molecule is Cc1cnsc1-c1ccc([C@H](CC(=O)NCCCCNC(=O)COc2c(-c3nc(N4CC5CCC(C4)O5)cs3)ccc(F)c2F)NC(=O)[C@@H]2C[C@@H](O)CN2C(=O)[C@@H](NC(=O)C2(F)CC2)C(C)(C)C)cc1. The van der Waals surface area contributed by atoms with Crippen molar-refractivity contribution in [3.63, 3.8) is 0 Å². The number of morpholine rings is 1. The molecule has 5 N–H and O–H groups in total. The van der Waals surface area contributed by atoms with Crippen LogP contribution in [0.4, 0.5) is 19.0 Å². The molecule has 2 aromatic carbocycles. The van der Waals surface area contributed by atoms with Gasteiger partial charge >= 0.3 is 0 Å². The number of halogens is 3. The number of ether oxygens (including phenoxy) is 2. The fourth-order valence-electron chi connectivity index (χ4n) is 9.00. The van der Waals surface area contributed by atoms with Gasteiger partial charge in [-0.1, -0.05) is 45.0 Å². The molecule has 16 nitrogen and oxygen atoms in total. The third kappa shape index (κ3) is 11.9. The quantitative estimate of drug-likeness (QED) is 0.0741. The average molecular weight is 1010 g/mol. The maximum atomic E-state index is 15.1. The van der Waals surface area contributed by atoms with E-state index in [0.717, 1.165) is 40.7 Å². The predicted octanol–water partition coefficient (Wildman–Crippen LogP) is 5.52. The normalized spacial score (nSPS) is 21.2. The van der Waals surface area contributed by atoms with Crippen molar-refractivity contribution in [3.05, 3.63) is 70.7 Å². The molecule has 0 radical (unpaired) electrons. The number of aliphatic hydroxyl groups is 1. The summed E-state index contributed by atoms with van der Waals surface area (Å²) in [5, 5.41) is 24.1. The van der Waals surface area contributed by atoms with Gasteiger partial charge in [0.15, 0.2) is 23.8 Å². The molecule has 3 aliphatic heterocycles. The average Bonchev–Trinajstić information content (AvgIpc) is 3.75. The Balaban J connectivity index is 0.842. The second-order valence-corrected chi connectivity index (χ2v) is 21.3. The molecule has 3 saturated heterocycles. The lowest BCUT2D eigenvalue weighted by atomic mass is 9.85. The molecule has 5 amide bonds. The minimum Gasteiger partial charge on any atom is -0.480 e. The number of β-amino-alcohol motifs (C(OH)–C–C–N with tert-alkyl or cyclic N) is 1. The van der Waals surface area contributed by atoms with Gasteiger partial charge in [0.2, 0.25) is 23.5 Å². The number of alkyl halides is 1. The molecular formula is C49H59F3N8O8S2. The number of fused-ring (bicyclic) bond motifs is 2. The number of aryl methyl sites for hydroxylation is 1. The van der Waals surface area contributed by atoms with Crippen LogP contribution in [0.5, 0.6) is 5.75 Å². The van der Waals surface area contributed by atoms with Crippen molar-refractivity contribution in [1.82, 2.24) is 35.5 Å². The van der Waals surface area contributed by atoms with Crippen LogP contribution in [0.25, 0.3) is 21.0 Å². The van der Waals surface area contributed by atoms with E-state index in [1.807, 2.05) is 24.4 Å². The molecule has 1 saturated carbocycles. The maximum Gasteiger partial charge on any atom is 0.258 e. The van der Waals surface area contributed by atoms with E-state index in [1.165, 1.54) is 33.8 Å². The van der Waals surface area contributed by atoms with E-state index >= 15 is 4.39 Å². The number of benzene rings is 2. The van der Waals surface area contributed by atoms with Crippen molar-refractivity contribution in [1.29, 1.82) is 0 Å². The molecule has 6 atom stereocenters. The fourth-order valence-corrected chi connectivity index (χ4v) is 10.6. The van der Waals surface area contributed by atoms with Gasteiger partial charge in [-0.05, 0) is 91.2 Å². The van der Waals surface area contributed by atoms with E-state index in [2.05, 4.69) is 35.5 Å². The van der Waals surface area contributed by atoms with E-state index in [4.69, 9.17) is 9.47 Å². The van der Waals surface area contributed by atoms with Gasteiger partial charge in [-0.25, -0.2) is 18.1 Å². The van der Waals surface area contributed by atoms with Crippen LogP contribution in [0.2, 0.25) is 0 Å². The molecular weight excluding hydrogens is 950 g/mol. The molecule has 4 aliphatic rings. The molecule has 2 bridgehead atoms. The van der Waals surface area contributed by atoms with Crippen LogP contribution in [0.15, 0.2) is 48.0 Å². The number of unbranched alkanes of at least 4 members (excludes halogenated alkanes) is 1. The molecule has 70 heavy (non-hydrogen) atoms. The number of thiazole rings is 1. The number of nitrogens with one attached hydrogen (secondary N) is 4. The fraction of sp³-hybridized carbons (Fsp3) is 0.531. The summed E-state index contributed by atoms with van der Waals surface area (Å²) in [5.41, 5.74) is -0.167. The predicted molar refractivity (Wildman–Crippen MR) is 257 cm³/mol. The molecule has 4 aromatic rings. The lowest BCUT2D eigenvalue weighted by Gasteiger charge is -2.36. The number of anilines is 1. The standard InChI is InChI=1S/C49H59F3N8O8S2/c1-27-21-55-70-42(27)29-9-7-28(8-10-29)35(56-44(64)36-19-30(61)22-60(36)46(65)43(48(2,3)4)58-47(66)49(52)15-16-49)20-38(62)53-17-5-6-18-54-39(63)25-67-41-33(13-14-34(50)40(41)51)45-57-37(26-69-45)59-23-31-11-12-32(24-59)68-31/h7-10,13-14,21,26,30-32,35-36,43,61H,5-6,11-12,15-20,22-25H2,1-4H3,(H,53,62)(H,54,63)(H,56,64)(H,58,66)/t30-,31?,32?,35+,36+,43-/m1/s1. The van der Waals surface area contributed by atoms with Crippen molar-refractivity contribution in [2.45, 2.75) is 121 Å². The minimum absolute atomic E-state index is 0.0595. The van der Waals surface area contributed by atoms with Crippen LogP contribution in [-0.2, 0) is 28.7 Å². The van der Waals surface area contributed by atoms with Gasteiger partial charge in [0.25, 0.3) is 11.8 Å². The monoisotopic (exact) mass is 1010 g/mol. The zero-order chi connectivity index (χ0) is 49.9. The summed E-state index contributed by atoms with van der Waals surface area (Å²) in [5.74, 6) is -5.11. The van der Waals surface area contributed by atoms with Crippen LogP contribution in [0, 0.1) is 24.0 Å². The summed E-state index contributed by atoms with van der Waals surface area (Å²) in [7, 11) is 0. The van der Waals surface area contributed by atoms with Gasteiger partial charge in [0.1, 0.15) is 22.9 Å². The minimum atomic E-state index is -2.03. The zero-order valence-corrected chi connectivity index (χ0v) is 41.2. The Morgan fingerprint density at radius 3 is 2.29 bits per heavy atom. The summed E-state index contributed by atoms with van der Waals surface area (Å²) >= 11 is 2.61. The first-order valence-corrected chi connectivity index (χ1v) is 25.3. The van der Waals surface area contributed by atoms with Crippen molar-refractivity contribution >= 4 is 58.2 Å². The maximum absolute atomic E-state index is 15.1. The van der Waals surface area contributed by atoms with Gasteiger partial charge in [-0.15, -0.1) is 11.3 Å². The second-order valence-electron chi connectivity index (χ2n) is 19.7. The Kier molecular flexibility index (Phi) is 15.5. The number of aromatic nitrogens is 2. The molecule has 21 heteroatoms.